The lowest BCUT2D eigenvalue weighted by atomic mass is 10.1. The highest BCUT2D eigenvalue weighted by atomic mass is 16.1. The van der Waals surface area contributed by atoms with E-state index in [1.807, 2.05) is 30.5 Å². The molecule has 142 valence electrons. The zero-order valence-electron chi connectivity index (χ0n) is 15.9. The normalized spacial score (nSPS) is 11.0. The minimum absolute atomic E-state index is 0.208. The van der Waals surface area contributed by atoms with Gasteiger partial charge in [0.25, 0.3) is 0 Å². The Kier molecular flexibility index (Phi) is 5.85. The van der Waals surface area contributed by atoms with Crippen LogP contribution >= 0.6 is 0 Å². The number of hydrogen-bond acceptors (Lipinski definition) is 6. The summed E-state index contributed by atoms with van der Waals surface area (Å²) in [6, 6.07) is 7.60. The standard InChI is InChI=1S/C19H25N7O/c1-4-5-7-14-11-21-26-17(14)24-18(25-19(26)22-13(2)3)23-16-9-6-8-15(10-16)20-12-27/h6,8-13H,4-5,7H2,1-3H3,(H,20,27)(H2,22,23,24,25). The zero-order chi connectivity index (χ0) is 19.2. The molecule has 0 atom stereocenters. The van der Waals surface area contributed by atoms with E-state index in [9.17, 15) is 4.79 Å². The van der Waals surface area contributed by atoms with Crippen molar-refractivity contribution in [3.05, 3.63) is 36.0 Å². The van der Waals surface area contributed by atoms with Crippen molar-refractivity contribution in [1.29, 1.82) is 0 Å². The van der Waals surface area contributed by atoms with Gasteiger partial charge in [0.15, 0.2) is 5.65 Å². The quantitative estimate of drug-likeness (QED) is 0.500. The van der Waals surface area contributed by atoms with Gasteiger partial charge in [-0.3, -0.25) is 4.79 Å². The van der Waals surface area contributed by atoms with Crippen molar-refractivity contribution in [1.82, 2.24) is 19.6 Å². The summed E-state index contributed by atoms with van der Waals surface area (Å²) < 4.78 is 1.75. The Bertz CT molecular complexity index is 920. The van der Waals surface area contributed by atoms with Crippen LogP contribution in [-0.4, -0.2) is 32.0 Å². The molecular formula is C19H25N7O. The first-order chi connectivity index (χ1) is 13.1. The van der Waals surface area contributed by atoms with E-state index in [0.717, 1.165) is 36.2 Å². The summed E-state index contributed by atoms with van der Waals surface area (Å²) >= 11 is 0. The van der Waals surface area contributed by atoms with Gasteiger partial charge in [-0.1, -0.05) is 19.4 Å². The number of rotatable bonds is 9. The smallest absolute Gasteiger partial charge is 0.232 e. The van der Waals surface area contributed by atoms with Crippen molar-refractivity contribution in [2.75, 3.05) is 16.0 Å². The van der Waals surface area contributed by atoms with Gasteiger partial charge in [0.05, 0.1) is 6.20 Å². The van der Waals surface area contributed by atoms with Gasteiger partial charge in [-0.2, -0.15) is 19.6 Å². The summed E-state index contributed by atoms with van der Waals surface area (Å²) in [5.41, 5.74) is 3.39. The van der Waals surface area contributed by atoms with Crippen LogP contribution in [-0.2, 0) is 11.2 Å². The minimum atomic E-state index is 0.208. The SMILES string of the molecule is CCCCc1cnn2c(NC(C)C)nc(Nc3cccc(NC=O)c3)nc12. The van der Waals surface area contributed by atoms with E-state index >= 15 is 0 Å². The van der Waals surface area contributed by atoms with E-state index in [2.05, 4.69) is 51.8 Å². The molecule has 27 heavy (non-hydrogen) atoms. The number of carbonyl (C=O) groups excluding carboxylic acids is 1. The lowest BCUT2D eigenvalue weighted by Gasteiger charge is -2.13. The molecule has 8 heteroatoms. The van der Waals surface area contributed by atoms with Crippen molar-refractivity contribution in [2.24, 2.45) is 0 Å². The lowest BCUT2D eigenvalue weighted by molar-refractivity contribution is -0.105. The van der Waals surface area contributed by atoms with Gasteiger partial charge in [0, 0.05) is 23.0 Å². The number of aromatic nitrogens is 4. The van der Waals surface area contributed by atoms with Crippen LogP contribution in [0, 0.1) is 0 Å². The molecule has 8 nitrogen and oxygen atoms in total. The van der Waals surface area contributed by atoms with E-state index in [0.29, 0.717) is 24.0 Å². The van der Waals surface area contributed by atoms with E-state index in [1.165, 1.54) is 0 Å². The van der Waals surface area contributed by atoms with Crippen molar-refractivity contribution in [3.8, 4) is 0 Å². The topological polar surface area (TPSA) is 96.2 Å². The molecule has 3 N–H and O–H groups in total. The molecule has 0 saturated heterocycles. The summed E-state index contributed by atoms with van der Waals surface area (Å²) in [7, 11) is 0. The van der Waals surface area contributed by atoms with Gasteiger partial charge < -0.3 is 16.0 Å². The van der Waals surface area contributed by atoms with Gasteiger partial charge in [-0.15, -0.1) is 0 Å². The minimum Gasteiger partial charge on any atom is -0.352 e. The number of nitrogens with one attached hydrogen (secondary N) is 3. The first-order valence-corrected chi connectivity index (χ1v) is 9.19. The molecule has 3 rings (SSSR count). The highest BCUT2D eigenvalue weighted by Crippen LogP contribution is 2.22. The summed E-state index contributed by atoms with van der Waals surface area (Å²) in [5, 5.41) is 13.7. The molecule has 0 aliphatic rings. The fourth-order valence-electron chi connectivity index (χ4n) is 2.76. The van der Waals surface area contributed by atoms with Crippen molar-refractivity contribution < 1.29 is 4.79 Å². The Morgan fingerprint density at radius 3 is 2.78 bits per heavy atom. The van der Waals surface area contributed by atoms with Gasteiger partial charge in [0.1, 0.15) is 0 Å². The third-order valence-corrected chi connectivity index (χ3v) is 4.00. The average molecular weight is 367 g/mol. The Labute approximate surface area is 158 Å². The molecule has 1 amide bonds. The second-order valence-electron chi connectivity index (χ2n) is 6.65. The summed E-state index contributed by atoms with van der Waals surface area (Å²) in [6.45, 7) is 6.27. The average Bonchev–Trinajstić information content (AvgIpc) is 3.03. The van der Waals surface area contributed by atoms with Gasteiger partial charge in [-0.05, 0) is 44.9 Å². The van der Waals surface area contributed by atoms with Crippen molar-refractivity contribution >= 4 is 35.3 Å². The molecule has 0 fully saturated rings. The summed E-state index contributed by atoms with van der Waals surface area (Å²) in [4.78, 5) is 19.9. The van der Waals surface area contributed by atoms with Gasteiger partial charge >= 0.3 is 0 Å². The maximum atomic E-state index is 10.7. The molecule has 2 aromatic heterocycles. The molecular weight excluding hydrogens is 342 g/mol. The molecule has 0 radical (unpaired) electrons. The number of carbonyl (C=O) groups is 1. The number of nitrogens with zero attached hydrogens (tertiary/aromatic N) is 4. The monoisotopic (exact) mass is 367 g/mol. The molecule has 0 spiro atoms. The molecule has 2 heterocycles. The van der Waals surface area contributed by atoms with Crippen LogP contribution in [0.15, 0.2) is 30.5 Å². The first kappa shape index (κ1) is 18.6. The highest BCUT2D eigenvalue weighted by molar-refractivity contribution is 5.74. The van der Waals surface area contributed by atoms with Crippen LogP contribution in [0.4, 0.5) is 23.3 Å². The predicted molar refractivity (Wildman–Crippen MR) is 108 cm³/mol. The fraction of sp³-hybridized carbons (Fsp3) is 0.368. The number of benzene rings is 1. The maximum Gasteiger partial charge on any atom is 0.232 e. The van der Waals surface area contributed by atoms with Crippen LogP contribution in [0.2, 0.25) is 0 Å². The van der Waals surface area contributed by atoms with E-state index in [-0.39, 0.29) is 6.04 Å². The Balaban J connectivity index is 1.98. The number of fused-ring (bicyclic) bond motifs is 1. The predicted octanol–water partition coefficient (Wildman–Crippen LogP) is 3.60. The molecule has 1 aromatic carbocycles. The zero-order valence-corrected chi connectivity index (χ0v) is 15.9. The number of hydrogen-bond donors (Lipinski definition) is 3. The largest absolute Gasteiger partial charge is 0.352 e. The summed E-state index contributed by atoms with van der Waals surface area (Å²) in [5.74, 6) is 1.12. The van der Waals surface area contributed by atoms with Crippen molar-refractivity contribution in [2.45, 2.75) is 46.1 Å². The Hall–Kier alpha value is -3.16. The van der Waals surface area contributed by atoms with Gasteiger partial charge in [0.2, 0.25) is 18.3 Å². The lowest BCUT2D eigenvalue weighted by Crippen LogP contribution is -2.16. The fourth-order valence-corrected chi connectivity index (χ4v) is 2.76. The highest BCUT2D eigenvalue weighted by Gasteiger charge is 2.14. The van der Waals surface area contributed by atoms with E-state index in [1.54, 1.807) is 4.52 Å². The number of aryl methyl sites for hydroxylation is 1. The molecule has 3 aromatic rings. The number of anilines is 4. The van der Waals surface area contributed by atoms with Crippen LogP contribution < -0.4 is 16.0 Å². The maximum absolute atomic E-state index is 10.7. The number of unbranched alkanes of at least 4 members (excludes halogenated alkanes) is 1. The molecule has 0 saturated carbocycles. The number of amides is 1. The molecule has 0 aliphatic carbocycles. The Morgan fingerprint density at radius 2 is 2.04 bits per heavy atom. The first-order valence-electron chi connectivity index (χ1n) is 9.19. The van der Waals surface area contributed by atoms with Crippen LogP contribution in [0.3, 0.4) is 0 Å². The third-order valence-electron chi connectivity index (χ3n) is 4.00. The second-order valence-corrected chi connectivity index (χ2v) is 6.65. The molecule has 0 bridgehead atoms. The van der Waals surface area contributed by atoms with Crippen LogP contribution in [0.25, 0.3) is 5.65 Å². The van der Waals surface area contributed by atoms with Crippen LogP contribution in [0.1, 0.15) is 39.2 Å². The van der Waals surface area contributed by atoms with Crippen LogP contribution in [0.5, 0.6) is 0 Å². The van der Waals surface area contributed by atoms with E-state index in [4.69, 9.17) is 0 Å². The third kappa shape index (κ3) is 4.52. The summed E-state index contributed by atoms with van der Waals surface area (Å²) in [6.07, 6.45) is 5.64. The van der Waals surface area contributed by atoms with Crippen molar-refractivity contribution in [3.63, 3.8) is 0 Å². The van der Waals surface area contributed by atoms with E-state index < -0.39 is 0 Å². The van der Waals surface area contributed by atoms with Gasteiger partial charge in [-0.25, -0.2) is 0 Å². The Morgan fingerprint density at radius 1 is 1.22 bits per heavy atom. The molecule has 0 unspecified atom stereocenters. The molecule has 0 aliphatic heterocycles. The second kappa shape index (κ2) is 8.48.